The summed E-state index contributed by atoms with van der Waals surface area (Å²) in [4.78, 5) is 24.5. The molecular formula is C15H14N4O2S. The van der Waals surface area contributed by atoms with Crippen molar-refractivity contribution in [1.29, 1.82) is 0 Å². The lowest BCUT2D eigenvalue weighted by molar-refractivity contribution is -0.114. The second kappa shape index (κ2) is 5.98. The van der Waals surface area contributed by atoms with E-state index in [4.69, 9.17) is 0 Å². The molecule has 0 radical (unpaired) electrons. The van der Waals surface area contributed by atoms with Crippen LogP contribution in [0, 0.1) is 0 Å². The maximum absolute atomic E-state index is 12.3. The highest BCUT2D eigenvalue weighted by molar-refractivity contribution is 7.09. The first-order chi connectivity index (χ1) is 10.6. The minimum Gasteiger partial charge on any atom is -0.347 e. The van der Waals surface area contributed by atoms with E-state index in [-0.39, 0.29) is 11.8 Å². The van der Waals surface area contributed by atoms with Gasteiger partial charge in [-0.25, -0.2) is 4.52 Å². The van der Waals surface area contributed by atoms with E-state index < -0.39 is 0 Å². The normalized spacial score (nSPS) is 10.6. The first-order valence-corrected chi connectivity index (χ1v) is 7.57. The molecule has 0 aromatic carbocycles. The molecule has 0 aliphatic carbocycles. The maximum atomic E-state index is 12.3. The number of carbonyl (C=O) groups is 2. The Labute approximate surface area is 130 Å². The SMILES string of the molecule is CC(=O)Nc1ccn2ncc(C(=O)NCc3cccs3)c2c1. The van der Waals surface area contributed by atoms with E-state index in [0.29, 0.717) is 23.3 Å². The Balaban J connectivity index is 1.82. The molecule has 0 aliphatic rings. The van der Waals surface area contributed by atoms with Crippen LogP contribution in [0.15, 0.2) is 42.0 Å². The van der Waals surface area contributed by atoms with Crippen LogP contribution >= 0.6 is 11.3 Å². The van der Waals surface area contributed by atoms with Crippen molar-refractivity contribution in [2.45, 2.75) is 13.5 Å². The summed E-state index contributed by atoms with van der Waals surface area (Å²) in [5.41, 5.74) is 1.76. The summed E-state index contributed by atoms with van der Waals surface area (Å²) in [5, 5.41) is 11.7. The van der Waals surface area contributed by atoms with Gasteiger partial charge in [0.2, 0.25) is 5.91 Å². The molecule has 112 valence electrons. The molecule has 0 saturated heterocycles. The largest absolute Gasteiger partial charge is 0.347 e. The Kier molecular flexibility index (Phi) is 3.88. The molecule has 2 N–H and O–H groups in total. The molecule has 0 saturated carbocycles. The number of nitrogens with zero attached hydrogens (tertiary/aromatic N) is 2. The number of rotatable bonds is 4. The van der Waals surface area contributed by atoms with Crippen molar-refractivity contribution in [3.8, 4) is 0 Å². The molecule has 0 aliphatic heterocycles. The summed E-state index contributed by atoms with van der Waals surface area (Å²) in [6, 6.07) is 7.38. The van der Waals surface area contributed by atoms with Gasteiger partial charge < -0.3 is 10.6 Å². The monoisotopic (exact) mass is 314 g/mol. The number of anilines is 1. The summed E-state index contributed by atoms with van der Waals surface area (Å²) in [5.74, 6) is -0.351. The summed E-state index contributed by atoms with van der Waals surface area (Å²) >= 11 is 1.59. The van der Waals surface area contributed by atoms with Crippen molar-refractivity contribution >= 4 is 34.4 Å². The van der Waals surface area contributed by atoms with E-state index in [9.17, 15) is 9.59 Å². The average molecular weight is 314 g/mol. The summed E-state index contributed by atoms with van der Waals surface area (Å²) in [6.07, 6.45) is 3.23. The molecule has 7 heteroatoms. The predicted molar refractivity (Wildman–Crippen MR) is 85.0 cm³/mol. The van der Waals surface area contributed by atoms with Crippen molar-refractivity contribution in [2.75, 3.05) is 5.32 Å². The lowest BCUT2D eigenvalue weighted by Crippen LogP contribution is -2.22. The maximum Gasteiger partial charge on any atom is 0.255 e. The quantitative estimate of drug-likeness (QED) is 0.776. The second-order valence-electron chi connectivity index (χ2n) is 4.75. The van der Waals surface area contributed by atoms with E-state index in [2.05, 4.69) is 15.7 Å². The third-order valence-electron chi connectivity index (χ3n) is 3.09. The molecule has 0 fully saturated rings. The number of aromatic nitrogens is 2. The first kappa shape index (κ1) is 14.3. The Morgan fingerprint density at radius 1 is 1.36 bits per heavy atom. The van der Waals surface area contributed by atoms with Crippen LogP contribution in [0.2, 0.25) is 0 Å². The van der Waals surface area contributed by atoms with Crippen LogP contribution in [0.3, 0.4) is 0 Å². The highest BCUT2D eigenvalue weighted by atomic mass is 32.1. The minimum absolute atomic E-state index is 0.160. The third kappa shape index (κ3) is 2.99. The standard InChI is InChI=1S/C15H14N4O2S/c1-10(20)18-11-4-5-19-14(7-11)13(9-17-19)15(21)16-8-12-3-2-6-22-12/h2-7,9H,8H2,1H3,(H,16,21)(H,18,20). The fraction of sp³-hybridized carbons (Fsp3) is 0.133. The van der Waals surface area contributed by atoms with Crippen LogP contribution in [0.1, 0.15) is 22.2 Å². The number of thiophene rings is 1. The number of hydrogen-bond acceptors (Lipinski definition) is 4. The highest BCUT2D eigenvalue weighted by Crippen LogP contribution is 2.16. The van der Waals surface area contributed by atoms with E-state index in [1.54, 1.807) is 34.2 Å². The molecule has 0 unspecified atom stereocenters. The van der Waals surface area contributed by atoms with Crippen LogP contribution in [0.5, 0.6) is 0 Å². The molecule has 6 nitrogen and oxygen atoms in total. The van der Waals surface area contributed by atoms with Crippen molar-refractivity contribution in [3.63, 3.8) is 0 Å². The third-order valence-corrected chi connectivity index (χ3v) is 3.97. The Hall–Kier alpha value is -2.67. The zero-order chi connectivity index (χ0) is 15.5. The van der Waals surface area contributed by atoms with Gasteiger partial charge in [0.1, 0.15) is 0 Å². The Bertz CT molecular complexity index is 823. The van der Waals surface area contributed by atoms with Gasteiger partial charge in [-0.1, -0.05) is 6.07 Å². The van der Waals surface area contributed by atoms with Gasteiger partial charge in [-0.05, 0) is 23.6 Å². The highest BCUT2D eigenvalue weighted by Gasteiger charge is 2.13. The van der Waals surface area contributed by atoms with Crippen LogP contribution in [0.4, 0.5) is 5.69 Å². The smallest absolute Gasteiger partial charge is 0.255 e. The van der Waals surface area contributed by atoms with Gasteiger partial charge in [-0.2, -0.15) is 5.10 Å². The summed E-state index contributed by atoms with van der Waals surface area (Å²) < 4.78 is 1.60. The Morgan fingerprint density at radius 2 is 2.23 bits per heavy atom. The Morgan fingerprint density at radius 3 is 2.95 bits per heavy atom. The number of nitrogens with one attached hydrogen (secondary N) is 2. The zero-order valence-electron chi connectivity index (χ0n) is 11.9. The molecular weight excluding hydrogens is 300 g/mol. The molecule has 0 bridgehead atoms. The number of fused-ring (bicyclic) bond motifs is 1. The van der Waals surface area contributed by atoms with Gasteiger partial charge in [-0.15, -0.1) is 11.3 Å². The summed E-state index contributed by atoms with van der Waals surface area (Å²) in [6.45, 7) is 1.93. The molecule has 3 rings (SSSR count). The van der Waals surface area contributed by atoms with Gasteiger partial charge in [0, 0.05) is 23.7 Å². The van der Waals surface area contributed by atoms with Crippen molar-refractivity contribution in [3.05, 3.63) is 52.5 Å². The van der Waals surface area contributed by atoms with E-state index in [0.717, 1.165) is 4.88 Å². The minimum atomic E-state index is -0.191. The molecule has 2 amide bonds. The van der Waals surface area contributed by atoms with Gasteiger partial charge in [0.05, 0.1) is 23.8 Å². The molecule has 0 atom stereocenters. The predicted octanol–water partition coefficient (Wildman–Crippen LogP) is 2.28. The topological polar surface area (TPSA) is 75.5 Å². The number of pyridine rings is 1. The molecule has 3 heterocycles. The second-order valence-corrected chi connectivity index (χ2v) is 5.78. The lowest BCUT2D eigenvalue weighted by atomic mass is 10.2. The fourth-order valence-corrected chi connectivity index (χ4v) is 2.76. The van der Waals surface area contributed by atoms with Gasteiger partial charge in [0.25, 0.3) is 5.91 Å². The average Bonchev–Trinajstić information content (AvgIpc) is 3.13. The molecule has 3 aromatic heterocycles. The number of carbonyl (C=O) groups excluding carboxylic acids is 2. The van der Waals surface area contributed by atoms with Crippen molar-refractivity contribution < 1.29 is 9.59 Å². The number of amides is 2. The van der Waals surface area contributed by atoms with Crippen molar-refractivity contribution in [1.82, 2.24) is 14.9 Å². The summed E-state index contributed by atoms with van der Waals surface area (Å²) in [7, 11) is 0. The zero-order valence-corrected chi connectivity index (χ0v) is 12.7. The van der Waals surface area contributed by atoms with Crippen LogP contribution in [0.25, 0.3) is 5.52 Å². The van der Waals surface area contributed by atoms with E-state index in [1.807, 2.05) is 17.5 Å². The van der Waals surface area contributed by atoms with Gasteiger partial charge >= 0.3 is 0 Å². The number of hydrogen-bond donors (Lipinski definition) is 2. The van der Waals surface area contributed by atoms with E-state index in [1.165, 1.54) is 13.1 Å². The van der Waals surface area contributed by atoms with E-state index >= 15 is 0 Å². The van der Waals surface area contributed by atoms with Crippen LogP contribution in [-0.2, 0) is 11.3 Å². The van der Waals surface area contributed by atoms with Crippen molar-refractivity contribution in [2.24, 2.45) is 0 Å². The molecule has 0 spiro atoms. The van der Waals surface area contributed by atoms with Gasteiger partial charge in [0.15, 0.2) is 0 Å². The van der Waals surface area contributed by atoms with Crippen LogP contribution in [-0.4, -0.2) is 21.4 Å². The molecule has 3 aromatic rings. The van der Waals surface area contributed by atoms with Crippen LogP contribution < -0.4 is 10.6 Å². The fourth-order valence-electron chi connectivity index (χ4n) is 2.11. The first-order valence-electron chi connectivity index (χ1n) is 6.69. The van der Waals surface area contributed by atoms with Gasteiger partial charge in [-0.3, -0.25) is 9.59 Å². The molecule has 22 heavy (non-hydrogen) atoms. The lowest BCUT2D eigenvalue weighted by Gasteiger charge is -2.05.